The molecular formula is C20H23NO8S2. The van der Waals surface area contributed by atoms with Crippen LogP contribution in [0, 0.1) is 5.41 Å². The van der Waals surface area contributed by atoms with Gasteiger partial charge in [0.15, 0.2) is 9.84 Å². The third kappa shape index (κ3) is 6.36. The van der Waals surface area contributed by atoms with Crippen LogP contribution < -0.4 is 4.89 Å². The van der Waals surface area contributed by atoms with Crippen molar-refractivity contribution in [1.82, 2.24) is 4.89 Å². The van der Waals surface area contributed by atoms with Gasteiger partial charge in [0.2, 0.25) is 0 Å². The Morgan fingerprint density at radius 2 is 1.55 bits per heavy atom. The van der Waals surface area contributed by atoms with Gasteiger partial charge in [-0.3, -0.25) is 0 Å². The molecule has 1 N–H and O–H groups in total. The maximum Gasteiger partial charge on any atom is 0.339 e. The predicted molar refractivity (Wildman–Crippen MR) is 111 cm³/mol. The molecule has 2 aromatic rings. The van der Waals surface area contributed by atoms with E-state index in [9.17, 15) is 26.4 Å². The van der Waals surface area contributed by atoms with Gasteiger partial charge < -0.3 is 9.57 Å². The van der Waals surface area contributed by atoms with Crippen LogP contribution in [0.3, 0.4) is 0 Å². The molecule has 0 radical (unpaired) electrons. The highest BCUT2D eigenvalue weighted by atomic mass is 32.2. The normalized spacial score (nSPS) is 12.3. The molecule has 0 aliphatic carbocycles. The average Bonchev–Trinajstić information content (AvgIpc) is 2.69. The number of carbonyl (C=O) groups excluding carboxylic acids is 2. The molecule has 0 bridgehead atoms. The van der Waals surface area contributed by atoms with Gasteiger partial charge in [-0.15, -0.1) is 0 Å². The van der Waals surface area contributed by atoms with E-state index in [2.05, 4.69) is 4.84 Å². The van der Waals surface area contributed by atoms with Crippen molar-refractivity contribution in [3.63, 3.8) is 0 Å². The summed E-state index contributed by atoms with van der Waals surface area (Å²) in [7, 11) is -8.84. The molecule has 2 aromatic carbocycles. The summed E-state index contributed by atoms with van der Waals surface area (Å²) in [5.74, 6) is -1.90. The fourth-order valence-electron chi connectivity index (χ4n) is 2.36. The van der Waals surface area contributed by atoms with E-state index in [-0.39, 0.29) is 6.61 Å². The van der Waals surface area contributed by atoms with Crippen LogP contribution in [-0.4, -0.2) is 35.0 Å². The van der Waals surface area contributed by atoms with E-state index >= 15 is 0 Å². The molecule has 31 heavy (non-hydrogen) atoms. The largest absolute Gasteiger partial charge is 0.457 e. The lowest BCUT2D eigenvalue weighted by Crippen LogP contribution is -2.34. The average molecular weight is 470 g/mol. The van der Waals surface area contributed by atoms with Crippen molar-refractivity contribution in [2.45, 2.75) is 37.2 Å². The number of sulfone groups is 1. The second-order valence-corrected chi connectivity index (χ2v) is 11.3. The Hall–Kier alpha value is -2.76. The van der Waals surface area contributed by atoms with Gasteiger partial charge in [-0.05, 0) is 43.4 Å². The van der Waals surface area contributed by atoms with Crippen LogP contribution in [0.4, 0.5) is 0 Å². The molecule has 0 spiro atoms. The maximum absolute atomic E-state index is 12.7. The molecule has 11 heteroatoms. The van der Waals surface area contributed by atoms with Crippen molar-refractivity contribution in [3.8, 4) is 0 Å². The minimum Gasteiger partial charge on any atom is -0.457 e. The monoisotopic (exact) mass is 469 g/mol. The molecule has 0 atom stereocenters. The Kier molecular flexibility index (Phi) is 7.25. The zero-order valence-electron chi connectivity index (χ0n) is 17.4. The number of nitrogens with one attached hydrogen (secondary N) is 1. The summed E-state index contributed by atoms with van der Waals surface area (Å²) >= 11 is 0. The smallest absolute Gasteiger partial charge is 0.339 e. The lowest BCUT2D eigenvalue weighted by molar-refractivity contribution is -0.156. The fraction of sp³-hybridized carbons (Fsp3) is 0.300. The number of benzene rings is 2. The first-order valence-corrected chi connectivity index (χ1v) is 12.4. The summed E-state index contributed by atoms with van der Waals surface area (Å²) in [5.41, 5.74) is -0.801. The maximum atomic E-state index is 12.7. The van der Waals surface area contributed by atoms with Crippen LogP contribution in [0.1, 0.15) is 36.7 Å². The summed E-state index contributed by atoms with van der Waals surface area (Å²) in [6.45, 7) is 4.39. The quantitative estimate of drug-likeness (QED) is 0.482. The number of esters is 1. The van der Waals surface area contributed by atoms with Crippen molar-refractivity contribution in [1.29, 1.82) is 0 Å². The number of ether oxygens (including phenoxy) is 1. The minimum atomic E-state index is -4.63. The van der Waals surface area contributed by atoms with Gasteiger partial charge in [0.25, 0.3) is 10.0 Å². The molecule has 9 nitrogen and oxygen atoms in total. The Morgan fingerprint density at radius 3 is 2.10 bits per heavy atom. The van der Waals surface area contributed by atoms with E-state index < -0.39 is 52.6 Å². The predicted octanol–water partition coefficient (Wildman–Crippen LogP) is 2.23. The Bertz CT molecular complexity index is 1180. The van der Waals surface area contributed by atoms with Crippen LogP contribution >= 0.6 is 0 Å². The molecule has 2 rings (SSSR count). The standard InChI is InChI=1S/C20H23NO8S2/c1-20(2,3)19(23)29-21-31(26,27)16-12-8-11-15(17(16)30(4,24)25)18(22)28-13-14-9-6-5-7-10-14/h5-12,21H,13H2,1-4H3. The van der Waals surface area contributed by atoms with Crippen molar-refractivity contribution in [2.75, 3.05) is 6.26 Å². The van der Waals surface area contributed by atoms with E-state index in [0.29, 0.717) is 5.56 Å². The van der Waals surface area contributed by atoms with Gasteiger partial charge >= 0.3 is 11.9 Å². The van der Waals surface area contributed by atoms with Crippen molar-refractivity contribution in [2.24, 2.45) is 5.41 Å². The lowest BCUT2D eigenvalue weighted by atomic mass is 9.98. The second-order valence-electron chi connectivity index (χ2n) is 7.69. The van der Waals surface area contributed by atoms with Gasteiger partial charge in [0.1, 0.15) is 16.4 Å². The third-order valence-corrected chi connectivity index (χ3v) is 6.46. The van der Waals surface area contributed by atoms with E-state index in [0.717, 1.165) is 18.4 Å². The number of hydrogen-bond acceptors (Lipinski definition) is 8. The Balaban J connectivity index is 2.41. The zero-order chi connectivity index (χ0) is 23.4. The molecule has 0 amide bonds. The fourth-order valence-corrected chi connectivity index (χ4v) is 5.02. The minimum absolute atomic E-state index is 0.138. The highest BCUT2D eigenvalue weighted by Gasteiger charge is 2.32. The molecule has 168 valence electrons. The van der Waals surface area contributed by atoms with E-state index in [1.165, 1.54) is 26.8 Å². The van der Waals surface area contributed by atoms with E-state index in [4.69, 9.17) is 4.74 Å². The summed E-state index contributed by atoms with van der Waals surface area (Å²) < 4.78 is 55.3. The molecule has 0 aliphatic rings. The Morgan fingerprint density at radius 1 is 0.935 bits per heavy atom. The van der Waals surface area contributed by atoms with Crippen LogP contribution in [-0.2, 0) is 40.8 Å². The second kappa shape index (κ2) is 9.16. The molecule has 0 aliphatic heterocycles. The van der Waals surface area contributed by atoms with Crippen LogP contribution in [0.25, 0.3) is 0 Å². The SMILES string of the molecule is CC(C)(C)C(=O)ONS(=O)(=O)c1cccc(C(=O)OCc2ccccc2)c1S(C)(=O)=O. The van der Waals surface area contributed by atoms with E-state index in [1.807, 2.05) is 0 Å². The first-order valence-electron chi connectivity index (χ1n) is 9.00. The number of hydrogen-bond donors (Lipinski definition) is 1. The summed E-state index contributed by atoms with van der Waals surface area (Å²) in [6.07, 6.45) is 0.760. The van der Waals surface area contributed by atoms with Crippen molar-refractivity contribution >= 4 is 31.8 Å². The first kappa shape index (κ1) is 24.5. The van der Waals surface area contributed by atoms with Crippen LogP contribution in [0.5, 0.6) is 0 Å². The molecular weight excluding hydrogens is 446 g/mol. The number of rotatable bonds is 7. The van der Waals surface area contributed by atoms with Gasteiger partial charge in [-0.1, -0.05) is 36.4 Å². The number of sulfonamides is 1. The van der Waals surface area contributed by atoms with Gasteiger partial charge in [0, 0.05) is 6.26 Å². The molecule has 0 fully saturated rings. The summed E-state index contributed by atoms with van der Waals surface area (Å²) in [4.78, 5) is 29.2. The lowest BCUT2D eigenvalue weighted by Gasteiger charge is -2.17. The van der Waals surface area contributed by atoms with Crippen molar-refractivity contribution in [3.05, 3.63) is 59.7 Å². The Labute approximate surface area is 181 Å². The molecule has 0 saturated heterocycles. The number of carbonyl (C=O) groups is 2. The molecule has 0 saturated carbocycles. The molecule has 0 unspecified atom stereocenters. The molecule has 0 heterocycles. The van der Waals surface area contributed by atoms with Crippen molar-refractivity contribution < 1.29 is 36.0 Å². The van der Waals surface area contributed by atoms with E-state index in [1.54, 1.807) is 35.2 Å². The summed E-state index contributed by atoms with van der Waals surface area (Å²) in [6, 6.07) is 12.0. The van der Waals surface area contributed by atoms with Crippen LogP contribution in [0.15, 0.2) is 58.3 Å². The highest BCUT2D eigenvalue weighted by molar-refractivity contribution is 7.93. The van der Waals surface area contributed by atoms with Gasteiger partial charge in [-0.25, -0.2) is 26.4 Å². The summed E-state index contributed by atoms with van der Waals surface area (Å²) in [5, 5.41) is 0. The third-order valence-electron chi connectivity index (χ3n) is 3.93. The highest BCUT2D eigenvalue weighted by Crippen LogP contribution is 2.26. The zero-order valence-corrected chi connectivity index (χ0v) is 19.0. The van der Waals surface area contributed by atoms with Crippen LogP contribution in [0.2, 0.25) is 0 Å². The molecule has 0 aromatic heterocycles. The van der Waals surface area contributed by atoms with Gasteiger partial charge in [0.05, 0.1) is 11.0 Å². The van der Waals surface area contributed by atoms with Gasteiger partial charge in [-0.2, -0.15) is 0 Å². The first-order chi connectivity index (χ1) is 14.2. The topological polar surface area (TPSA) is 133 Å².